The maximum absolute atomic E-state index is 14.4. The van der Waals surface area contributed by atoms with Crippen LogP contribution in [-0.2, 0) is 11.3 Å². The number of nitrogens with zero attached hydrogens (tertiary/aromatic N) is 2. The second-order valence-corrected chi connectivity index (χ2v) is 7.33. The molecule has 27 heavy (non-hydrogen) atoms. The van der Waals surface area contributed by atoms with Gasteiger partial charge in [0.2, 0.25) is 0 Å². The molecular formula is C20H21FN2O3S. The van der Waals surface area contributed by atoms with Gasteiger partial charge in [-0.1, -0.05) is 24.3 Å². The fourth-order valence-electron chi connectivity index (χ4n) is 2.90. The van der Waals surface area contributed by atoms with Gasteiger partial charge in [-0.3, -0.25) is 4.90 Å². The number of hydrogen-bond acceptors (Lipinski definition) is 4. The second-order valence-electron chi connectivity index (χ2n) is 6.11. The molecule has 0 aromatic heterocycles. The van der Waals surface area contributed by atoms with Crippen molar-refractivity contribution in [3.8, 4) is 0 Å². The van der Waals surface area contributed by atoms with E-state index in [0.29, 0.717) is 18.7 Å². The van der Waals surface area contributed by atoms with Crippen molar-refractivity contribution < 1.29 is 18.7 Å². The fraction of sp³-hybridized carbons (Fsp3) is 0.300. The van der Waals surface area contributed by atoms with E-state index in [1.807, 2.05) is 0 Å². The van der Waals surface area contributed by atoms with E-state index in [1.165, 1.54) is 18.1 Å². The molecule has 0 radical (unpaired) electrons. The highest BCUT2D eigenvalue weighted by atomic mass is 32.2. The minimum atomic E-state index is -0.441. The van der Waals surface area contributed by atoms with Crippen molar-refractivity contribution in [2.24, 2.45) is 0 Å². The Morgan fingerprint density at radius 3 is 2.41 bits per heavy atom. The van der Waals surface area contributed by atoms with Gasteiger partial charge in [0.25, 0.3) is 0 Å². The Morgan fingerprint density at radius 1 is 1.11 bits per heavy atom. The van der Waals surface area contributed by atoms with Crippen molar-refractivity contribution in [3.05, 3.63) is 65.5 Å². The van der Waals surface area contributed by atoms with Crippen LogP contribution in [0.25, 0.3) is 0 Å². The molecule has 2 aromatic rings. The number of thioether (sulfide) groups is 1. The van der Waals surface area contributed by atoms with Gasteiger partial charge >= 0.3 is 12.0 Å². The van der Waals surface area contributed by atoms with Crippen molar-refractivity contribution in [2.45, 2.75) is 6.54 Å². The Kier molecular flexibility index (Phi) is 6.34. The largest absolute Gasteiger partial charge is 0.465 e. The number of anilines is 1. The zero-order valence-corrected chi connectivity index (χ0v) is 15.9. The molecule has 0 N–H and O–H groups in total. The first kappa shape index (κ1) is 19.2. The summed E-state index contributed by atoms with van der Waals surface area (Å²) in [6.07, 6.45) is 0. The van der Waals surface area contributed by atoms with Crippen LogP contribution in [0.5, 0.6) is 0 Å². The number of carbonyl (C=O) groups is 2. The van der Waals surface area contributed by atoms with Crippen molar-refractivity contribution >= 4 is 29.4 Å². The summed E-state index contributed by atoms with van der Waals surface area (Å²) in [5.41, 5.74) is 1.47. The van der Waals surface area contributed by atoms with Crippen molar-refractivity contribution in [3.63, 3.8) is 0 Å². The van der Waals surface area contributed by atoms with Gasteiger partial charge in [0.15, 0.2) is 0 Å². The fourth-order valence-corrected chi connectivity index (χ4v) is 3.80. The standard InChI is InChI=1S/C20H21FN2O3S/c1-26-19(24)16-8-6-15(7-9-16)14-23(18-5-3-2-4-17(18)21)20(25)22-10-12-27-13-11-22/h2-9H,10-14H2,1H3. The third kappa shape index (κ3) is 4.60. The number of esters is 1. The van der Waals surface area contributed by atoms with Crippen LogP contribution in [0.1, 0.15) is 15.9 Å². The van der Waals surface area contributed by atoms with E-state index in [4.69, 9.17) is 4.74 Å². The monoisotopic (exact) mass is 388 g/mol. The quantitative estimate of drug-likeness (QED) is 0.748. The molecule has 7 heteroatoms. The Labute approximate surface area is 162 Å². The Balaban J connectivity index is 1.86. The molecule has 2 amide bonds. The molecule has 0 bridgehead atoms. The maximum Gasteiger partial charge on any atom is 0.337 e. The SMILES string of the molecule is COC(=O)c1ccc(CN(C(=O)N2CCSCC2)c2ccccc2F)cc1. The number of halogens is 1. The van der Waals surface area contributed by atoms with Gasteiger partial charge in [-0.25, -0.2) is 14.0 Å². The molecule has 1 heterocycles. The van der Waals surface area contributed by atoms with Crippen LogP contribution in [0, 0.1) is 5.82 Å². The predicted molar refractivity (Wildman–Crippen MR) is 105 cm³/mol. The lowest BCUT2D eigenvalue weighted by molar-refractivity contribution is 0.0600. The molecule has 142 valence electrons. The summed E-state index contributed by atoms with van der Waals surface area (Å²) < 4.78 is 19.1. The molecular weight excluding hydrogens is 367 g/mol. The van der Waals surface area contributed by atoms with E-state index >= 15 is 0 Å². The molecule has 2 aromatic carbocycles. The molecule has 3 rings (SSSR count). The number of benzene rings is 2. The number of carbonyl (C=O) groups excluding carboxylic acids is 2. The van der Waals surface area contributed by atoms with Crippen molar-refractivity contribution in [2.75, 3.05) is 36.6 Å². The predicted octanol–water partition coefficient (Wildman–Crippen LogP) is 3.79. The lowest BCUT2D eigenvalue weighted by Crippen LogP contribution is -2.46. The van der Waals surface area contributed by atoms with E-state index in [-0.39, 0.29) is 18.3 Å². The summed E-state index contributed by atoms with van der Waals surface area (Å²) in [4.78, 5) is 27.9. The van der Waals surface area contributed by atoms with Gasteiger partial charge in [-0.05, 0) is 29.8 Å². The molecule has 0 atom stereocenters. The summed E-state index contributed by atoms with van der Waals surface area (Å²) in [5.74, 6) is 0.896. The number of urea groups is 1. The van der Waals surface area contributed by atoms with E-state index in [1.54, 1.807) is 59.1 Å². The number of hydrogen-bond donors (Lipinski definition) is 0. The zero-order chi connectivity index (χ0) is 19.2. The summed E-state index contributed by atoms with van der Waals surface area (Å²) >= 11 is 1.81. The third-order valence-electron chi connectivity index (χ3n) is 4.37. The van der Waals surface area contributed by atoms with E-state index in [2.05, 4.69) is 0 Å². The van der Waals surface area contributed by atoms with Crippen LogP contribution >= 0.6 is 11.8 Å². The highest BCUT2D eigenvalue weighted by Crippen LogP contribution is 2.24. The minimum absolute atomic E-state index is 0.211. The number of methoxy groups -OCH3 is 1. The second kappa shape index (κ2) is 8.90. The molecule has 0 saturated carbocycles. The van der Waals surface area contributed by atoms with Crippen LogP contribution in [0.4, 0.5) is 14.9 Å². The molecule has 1 saturated heterocycles. The maximum atomic E-state index is 14.4. The Hall–Kier alpha value is -2.54. The topological polar surface area (TPSA) is 49.9 Å². The highest BCUT2D eigenvalue weighted by Gasteiger charge is 2.26. The van der Waals surface area contributed by atoms with E-state index in [0.717, 1.165) is 17.1 Å². The molecule has 1 fully saturated rings. The smallest absolute Gasteiger partial charge is 0.337 e. The van der Waals surface area contributed by atoms with Gasteiger partial charge in [0.1, 0.15) is 5.82 Å². The first-order chi connectivity index (χ1) is 13.1. The summed E-state index contributed by atoms with van der Waals surface area (Å²) in [6.45, 7) is 1.51. The van der Waals surface area contributed by atoms with Gasteiger partial charge in [-0.15, -0.1) is 0 Å². The third-order valence-corrected chi connectivity index (χ3v) is 5.31. The minimum Gasteiger partial charge on any atom is -0.465 e. The van der Waals surface area contributed by atoms with Crippen LogP contribution in [-0.4, -0.2) is 48.6 Å². The zero-order valence-electron chi connectivity index (χ0n) is 15.1. The molecule has 0 spiro atoms. The summed E-state index contributed by atoms with van der Waals surface area (Å²) in [7, 11) is 1.33. The van der Waals surface area contributed by atoms with Gasteiger partial charge in [0.05, 0.1) is 24.9 Å². The van der Waals surface area contributed by atoms with Crippen molar-refractivity contribution in [1.29, 1.82) is 0 Å². The number of para-hydroxylation sites is 1. The van der Waals surface area contributed by atoms with Crippen LogP contribution in [0.2, 0.25) is 0 Å². The number of amides is 2. The van der Waals surface area contributed by atoms with Crippen LogP contribution in [0.15, 0.2) is 48.5 Å². The summed E-state index contributed by atoms with van der Waals surface area (Å²) in [6, 6.07) is 12.8. The average Bonchev–Trinajstić information content (AvgIpc) is 2.72. The Morgan fingerprint density at radius 2 is 1.78 bits per heavy atom. The van der Waals surface area contributed by atoms with Gasteiger partial charge < -0.3 is 9.64 Å². The molecule has 1 aliphatic rings. The molecule has 1 aliphatic heterocycles. The molecule has 0 aliphatic carbocycles. The van der Waals surface area contributed by atoms with Crippen LogP contribution in [0.3, 0.4) is 0 Å². The van der Waals surface area contributed by atoms with E-state index < -0.39 is 11.8 Å². The normalized spacial score (nSPS) is 13.9. The first-order valence-electron chi connectivity index (χ1n) is 8.66. The van der Waals surface area contributed by atoms with Crippen molar-refractivity contribution in [1.82, 2.24) is 4.90 Å². The summed E-state index contributed by atoms with van der Waals surface area (Å²) in [5, 5.41) is 0. The molecule has 5 nitrogen and oxygen atoms in total. The van der Waals surface area contributed by atoms with Gasteiger partial charge in [0, 0.05) is 24.6 Å². The average molecular weight is 388 g/mol. The van der Waals surface area contributed by atoms with Gasteiger partial charge in [-0.2, -0.15) is 11.8 Å². The lowest BCUT2D eigenvalue weighted by Gasteiger charge is -2.33. The number of ether oxygens (including phenoxy) is 1. The lowest BCUT2D eigenvalue weighted by atomic mass is 10.1. The Bertz CT molecular complexity index is 807. The highest BCUT2D eigenvalue weighted by molar-refractivity contribution is 7.99. The first-order valence-corrected chi connectivity index (χ1v) is 9.81. The van der Waals surface area contributed by atoms with Crippen LogP contribution < -0.4 is 4.90 Å². The van der Waals surface area contributed by atoms with E-state index in [9.17, 15) is 14.0 Å². The molecule has 0 unspecified atom stereocenters. The number of rotatable bonds is 4.